The maximum absolute atomic E-state index is 12.4. The van der Waals surface area contributed by atoms with Crippen molar-refractivity contribution >= 4 is 5.91 Å². The summed E-state index contributed by atoms with van der Waals surface area (Å²) in [5, 5.41) is 6.92. The van der Waals surface area contributed by atoms with E-state index in [2.05, 4.69) is 27.4 Å². The summed E-state index contributed by atoms with van der Waals surface area (Å²) >= 11 is 0. The van der Waals surface area contributed by atoms with Crippen molar-refractivity contribution in [2.45, 2.75) is 26.2 Å². The van der Waals surface area contributed by atoms with Gasteiger partial charge in [0.05, 0.1) is 0 Å². The minimum Gasteiger partial charge on any atom is -0.352 e. The molecule has 1 fully saturated rings. The van der Waals surface area contributed by atoms with Crippen LogP contribution in [0, 0.1) is 12.8 Å². The summed E-state index contributed by atoms with van der Waals surface area (Å²) in [5.74, 6) is 1.64. The van der Waals surface area contributed by atoms with E-state index in [-0.39, 0.29) is 5.91 Å². The number of amides is 1. The minimum atomic E-state index is -0.0544. The van der Waals surface area contributed by atoms with Gasteiger partial charge < -0.3 is 14.7 Å². The van der Waals surface area contributed by atoms with Crippen molar-refractivity contribution in [1.82, 2.24) is 20.4 Å². The number of piperidine rings is 1. The molecule has 0 bridgehead atoms. The standard InChI is InChI=1S/C18H24N4O2/c1-13-20-17(21-24-13)15-6-3-7-16(11-15)18(23)19-9-8-14-5-4-10-22(2)12-14/h3,6-7,11,14H,4-5,8-10,12H2,1-2H3,(H,19,23). The first kappa shape index (κ1) is 16.6. The summed E-state index contributed by atoms with van der Waals surface area (Å²) in [6.45, 7) is 4.77. The highest BCUT2D eigenvalue weighted by Gasteiger charge is 2.17. The fourth-order valence-corrected chi connectivity index (χ4v) is 3.22. The molecule has 128 valence electrons. The first-order valence-electron chi connectivity index (χ1n) is 8.49. The number of nitrogens with zero attached hydrogens (tertiary/aromatic N) is 3. The molecule has 0 spiro atoms. The fourth-order valence-electron chi connectivity index (χ4n) is 3.22. The molecule has 2 heterocycles. The number of benzene rings is 1. The van der Waals surface area contributed by atoms with Gasteiger partial charge in [0, 0.05) is 31.1 Å². The van der Waals surface area contributed by atoms with Gasteiger partial charge in [-0.05, 0) is 50.9 Å². The molecule has 2 aromatic rings. The molecule has 1 aliphatic heterocycles. The number of carbonyl (C=O) groups excluding carboxylic acids is 1. The molecule has 24 heavy (non-hydrogen) atoms. The molecule has 3 rings (SSSR count). The Labute approximate surface area is 142 Å². The second-order valence-corrected chi connectivity index (χ2v) is 6.53. The number of carbonyl (C=O) groups is 1. The van der Waals surface area contributed by atoms with Gasteiger partial charge in [-0.3, -0.25) is 4.79 Å². The van der Waals surface area contributed by atoms with E-state index in [4.69, 9.17) is 4.52 Å². The number of nitrogens with one attached hydrogen (secondary N) is 1. The van der Waals surface area contributed by atoms with Gasteiger partial charge in [-0.15, -0.1) is 0 Å². The van der Waals surface area contributed by atoms with Gasteiger partial charge in [0.15, 0.2) is 0 Å². The van der Waals surface area contributed by atoms with Crippen molar-refractivity contribution in [3.63, 3.8) is 0 Å². The number of aromatic nitrogens is 2. The number of rotatable bonds is 5. The smallest absolute Gasteiger partial charge is 0.251 e. The van der Waals surface area contributed by atoms with Crippen molar-refractivity contribution in [2.75, 3.05) is 26.7 Å². The van der Waals surface area contributed by atoms with Gasteiger partial charge in [0.1, 0.15) is 0 Å². The van der Waals surface area contributed by atoms with Crippen molar-refractivity contribution < 1.29 is 9.32 Å². The third kappa shape index (κ3) is 4.20. The predicted molar refractivity (Wildman–Crippen MR) is 91.6 cm³/mol. The molecule has 1 aromatic carbocycles. The third-order valence-corrected chi connectivity index (χ3v) is 4.47. The summed E-state index contributed by atoms with van der Waals surface area (Å²) in [6, 6.07) is 7.32. The Morgan fingerprint density at radius 2 is 2.33 bits per heavy atom. The predicted octanol–water partition coefficient (Wildman–Crippen LogP) is 2.51. The molecule has 1 amide bonds. The number of likely N-dealkylation sites (tertiary alicyclic amines) is 1. The lowest BCUT2D eigenvalue weighted by Gasteiger charge is -2.29. The van der Waals surface area contributed by atoms with Gasteiger partial charge in [-0.1, -0.05) is 17.3 Å². The highest BCUT2D eigenvalue weighted by molar-refractivity contribution is 5.95. The molecule has 1 N–H and O–H groups in total. The van der Waals surface area contributed by atoms with Crippen LogP contribution in [0.4, 0.5) is 0 Å². The molecular weight excluding hydrogens is 304 g/mol. The highest BCUT2D eigenvalue weighted by Crippen LogP contribution is 2.19. The molecule has 6 heteroatoms. The average molecular weight is 328 g/mol. The summed E-state index contributed by atoms with van der Waals surface area (Å²) in [7, 11) is 2.16. The van der Waals surface area contributed by atoms with Gasteiger partial charge >= 0.3 is 0 Å². The van der Waals surface area contributed by atoms with E-state index in [1.165, 1.54) is 19.4 Å². The Morgan fingerprint density at radius 1 is 1.46 bits per heavy atom. The van der Waals surface area contributed by atoms with E-state index in [1.807, 2.05) is 12.1 Å². The zero-order chi connectivity index (χ0) is 16.9. The zero-order valence-corrected chi connectivity index (χ0v) is 14.3. The Hall–Kier alpha value is -2.21. The maximum Gasteiger partial charge on any atom is 0.251 e. The summed E-state index contributed by atoms with van der Waals surface area (Å²) < 4.78 is 4.99. The highest BCUT2D eigenvalue weighted by atomic mass is 16.5. The third-order valence-electron chi connectivity index (χ3n) is 4.47. The largest absolute Gasteiger partial charge is 0.352 e. The van der Waals surface area contributed by atoms with E-state index < -0.39 is 0 Å². The molecule has 1 saturated heterocycles. The molecule has 1 atom stereocenters. The van der Waals surface area contributed by atoms with Crippen LogP contribution in [0.15, 0.2) is 28.8 Å². The molecule has 0 aliphatic carbocycles. The quantitative estimate of drug-likeness (QED) is 0.913. The van der Waals surface area contributed by atoms with E-state index in [1.54, 1.807) is 19.1 Å². The van der Waals surface area contributed by atoms with Crippen molar-refractivity contribution in [2.24, 2.45) is 5.92 Å². The molecule has 0 saturated carbocycles. The zero-order valence-electron chi connectivity index (χ0n) is 14.3. The number of hydrogen-bond donors (Lipinski definition) is 1. The minimum absolute atomic E-state index is 0.0544. The molecule has 1 aliphatic rings. The van der Waals surface area contributed by atoms with Gasteiger partial charge in [0.2, 0.25) is 11.7 Å². The van der Waals surface area contributed by atoms with Crippen LogP contribution in [0.5, 0.6) is 0 Å². The monoisotopic (exact) mass is 328 g/mol. The van der Waals surface area contributed by atoms with Crippen LogP contribution in [0.3, 0.4) is 0 Å². The lowest BCUT2D eigenvalue weighted by atomic mass is 9.95. The summed E-state index contributed by atoms with van der Waals surface area (Å²) in [4.78, 5) is 18.9. The Kier molecular flexibility index (Phi) is 5.25. The van der Waals surface area contributed by atoms with Crippen LogP contribution in [-0.2, 0) is 0 Å². The Bertz CT molecular complexity index is 698. The van der Waals surface area contributed by atoms with E-state index in [0.717, 1.165) is 18.5 Å². The lowest BCUT2D eigenvalue weighted by Crippen LogP contribution is -2.34. The van der Waals surface area contributed by atoms with E-state index in [0.29, 0.717) is 29.7 Å². The molecule has 1 unspecified atom stereocenters. The first-order valence-corrected chi connectivity index (χ1v) is 8.49. The first-order chi connectivity index (χ1) is 11.6. The maximum atomic E-state index is 12.4. The van der Waals surface area contributed by atoms with Crippen LogP contribution in [0.1, 0.15) is 35.5 Å². The Balaban J connectivity index is 1.55. The van der Waals surface area contributed by atoms with Gasteiger partial charge in [-0.25, -0.2) is 0 Å². The van der Waals surface area contributed by atoms with Crippen LogP contribution < -0.4 is 5.32 Å². The van der Waals surface area contributed by atoms with Crippen LogP contribution >= 0.6 is 0 Å². The van der Waals surface area contributed by atoms with Gasteiger partial charge in [0.25, 0.3) is 5.91 Å². The molecular formula is C18H24N4O2. The molecule has 0 radical (unpaired) electrons. The normalized spacial score (nSPS) is 18.5. The van der Waals surface area contributed by atoms with Crippen LogP contribution in [0.25, 0.3) is 11.4 Å². The second-order valence-electron chi connectivity index (χ2n) is 6.53. The number of hydrogen-bond acceptors (Lipinski definition) is 5. The molecule has 6 nitrogen and oxygen atoms in total. The SMILES string of the molecule is Cc1nc(-c2cccc(C(=O)NCCC3CCCN(C)C3)c2)no1. The average Bonchev–Trinajstić information content (AvgIpc) is 3.01. The van der Waals surface area contributed by atoms with E-state index in [9.17, 15) is 4.79 Å². The van der Waals surface area contributed by atoms with E-state index >= 15 is 0 Å². The summed E-state index contributed by atoms with van der Waals surface area (Å²) in [5.41, 5.74) is 1.41. The topological polar surface area (TPSA) is 71.3 Å². The van der Waals surface area contributed by atoms with Crippen LogP contribution in [0.2, 0.25) is 0 Å². The van der Waals surface area contributed by atoms with Crippen molar-refractivity contribution in [1.29, 1.82) is 0 Å². The molecule has 1 aromatic heterocycles. The summed E-state index contributed by atoms with van der Waals surface area (Å²) in [6.07, 6.45) is 3.54. The van der Waals surface area contributed by atoms with Crippen LogP contribution in [-0.4, -0.2) is 47.6 Å². The Morgan fingerprint density at radius 3 is 3.08 bits per heavy atom. The fraction of sp³-hybridized carbons (Fsp3) is 0.500. The van der Waals surface area contributed by atoms with Gasteiger partial charge in [-0.2, -0.15) is 4.98 Å². The number of aryl methyl sites for hydroxylation is 1. The lowest BCUT2D eigenvalue weighted by molar-refractivity contribution is 0.0948. The van der Waals surface area contributed by atoms with Crippen molar-refractivity contribution in [3.8, 4) is 11.4 Å². The second kappa shape index (κ2) is 7.57. The van der Waals surface area contributed by atoms with Crippen molar-refractivity contribution in [3.05, 3.63) is 35.7 Å².